The van der Waals surface area contributed by atoms with Gasteiger partial charge in [-0.3, -0.25) is 9.69 Å². The highest BCUT2D eigenvalue weighted by atomic mass is 35.5. The quantitative estimate of drug-likeness (QED) is 0.713. The van der Waals surface area contributed by atoms with Crippen LogP contribution < -0.4 is 4.74 Å². The number of rotatable bonds is 5. The Bertz CT molecular complexity index is 734. The second-order valence-corrected chi connectivity index (χ2v) is 7.19. The van der Waals surface area contributed by atoms with Gasteiger partial charge in [-0.1, -0.05) is 23.7 Å². The van der Waals surface area contributed by atoms with Crippen LogP contribution in [0.25, 0.3) is 0 Å². The number of hydrogen-bond acceptors (Lipinski definition) is 3. The molecule has 0 atom stereocenters. The third-order valence-corrected chi connectivity index (χ3v) is 4.98. The molecule has 25 heavy (non-hydrogen) atoms. The minimum atomic E-state index is 0.0881. The molecule has 1 saturated heterocycles. The molecule has 1 aliphatic rings. The van der Waals surface area contributed by atoms with Gasteiger partial charge in [0.25, 0.3) is 0 Å². The highest BCUT2D eigenvalue weighted by Gasteiger charge is 2.21. The van der Waals surface area contributed by atoms with Gasteiger partial charge in [0.2, 0.25) is 0 Å². The molecule has 0 radical (unpaired) electrons. The fourth-order valence-electron chi connectivity index (χ4n) is 3.21. The van der Waals surface area contributed by atoms with E-state index in [1.807, 2.05) is 37.3 Å². The molecule has 0 saturated carbocycles. The molecule has 2 aromatic carbocycles. The second-order valence-electron chi connectivity index (χ2n) is 6.76. The first-order valence-corrected chi connectivity index (χ1v) is 9.14. The second kappa shape index (κ2) is 8.03. The van der Waals surface area contributed by atoms with E-state index in [0.717, 1.165) is 54.4 Å². The third-order valence-electron chi connectivity index (χ3n) is 4.73. The summed E-state index contributed by atoms with van der Waals surface area (Å²) in [6.45, 7) is 6.59. The predicted molar refractivity (Wildman–Crippen MR) is 102 cm³/mol. The lowest BCUT2D eigenvalue weighted by Gasteiger charge is -2.32. The van der Waals surface area contributed by atoms with E-state index in [0.29, 0.717) is 0 Å². The number of benzene rings is 2. The van der Waals surface area contributed by atoms with Gasteiger partial charge >= 0.3 is 0 Å². The Morgan fingerprint density at radius 2 is 1.84 bits per heavy atom. The maximum Gasteiger partial charge on any atom is 0.159 e. The molecule has 0 unspecified atom stereocenters. The molecule has 0 aliphatic carbocycles. The van der Waals surface area contributed by atoms with E-state index < -0.39 is 0 Å². The monoisotopic (exact) mass is 357 g/mol. The van der Waals surface area contributed by atoms with Crippen molar-refractivity contribution in [1.82, 2.24) is 4.90 Å². The Hall–Kier alpha value is -1.84. The summed E-state index contributed by atoms with van der Waals surface area (Å²) in [6, 6.07) is 13.7. The molecule has 3 rings (SSSR count). The topological polar surface area (TPSA) is 29.5 Å². The van der Waals surface area contributed by atoms with Crippen molar-refractivity contribution in [3.63, 3.8) is 0 Å². The molecule has 0 N–H and O–H groups in total. The summed E-state index contributed by atoms with van der Waals surface area (Å²) in [7, 11) is 0. The zero-order chi connectivity index (χ0) is 17.8. The molecule has 0 spiro atoms. The van der Waals surface area contributed by atoms with Crippen molar-refractivity contribution >= 4 is 17.4 Å². The average Bonchev–Trinajstić information content (AvgIpc) is 2.60. The van der Waals surface area contributed by atoms with Crippen molar-refractivity contribution < 1.29 is 9.53 Å². The van der Waals surface area contributed by atoms with E-state index in [1.54, 1.807) is 6.92 Å². The zero-order valence-electron chi connectivity index (χ0n) is 14.8. The third kappa shape index (κ3) is 4.83. The van der Waals surface area contributed by atoms with E-state index in [1.165, 1.54) is 5.56 Å². The highest BCUT2D eigenvalue weighted by Crippen LogP contribution is 2.24. The molecule has 132 valence electrons. The Morgan fingerprint density at radius 3 is 2.44 bits per heavy atom. The first-order valence-electron chi connectivity index (χ1n) is 8.76. The van der Waals surface area contributed by atoms with Crippen molar-refractivity contribution in [2.24, 2.45) is 0 Å². The zero-order valence-corrected chi connectivity index (χ0v) is 15.6. The van der Waals surface area contributed by atoms with E-state index >= 15 is 0 Å². The Morgan fingerprint density at radius 1 is 1.16 bits per heavy atom. The van der Waals surface area contributed by atoms with Gasteiger partial charge in [0.1, 0.15) is 11.9 Å². The summed E-state index contributed by atoms with van der Waals surface area (Å²) in [4.78, 5) is 13.9. The Kier molecular flexibility index (Phi) is 5.77. The predicted octanol–water partition coefficient (Wildman–Crippen LogP) is 4.89. The molecule has 4 heteroatoms. The smallest absolute Gasteiger partial charge is 0.159 e. The number of ether oxygens (including phenoxy) is 1. The number of ketones is 1. The molecule has 2 aromatic rings. The van der Waals surface area contributed by atoms with Crippen molar-refractivity contribution in [1.29, 1.82) is 0 Å². The van der Waals surface area contributed by atoms with Crippen LogP contribution in [0, 0.1) is 6.92 Å². The standard InChI is InChI=1S/C21H24ClNO2/c1-15-13-18(16(2)24)5-8-21(15)25-20-9-11-23(12-10-20)14-17-3-6-19(22)7-4-17/h3-8,13,20H,9-12,14H2,1-2H3. The summed E-state index contributed by atoms with van der Waals surface area (Å²) < 4.78 is 6.18. The van der Waals surface area contributed by atoms with Crippen molar-refractivity contribution in [3.05, 3.63) is 64.2 Å². The number of Topliss-reactive ketones (excluding diaryl/α,β-unsaturated/α-hetero) is 1. The number of carbonyl (C=O) groups is 1. The van der Waals surface area contributed by atoms with Gasteiger partial charge < -0.3 is 4.74 Å². The molecule has 0 bridgehead atoms. The average molecular weight is 358 g/mol. The summed E-state index contributed by atoms with van der Waals surface area (Å²) >= 11 is 5.94. The van der Waals surface area contributed by atoms with Gasteiger partial charge in [0.15, 0.2) is 5.78 Å². The van der Waals surface area contributed by atoms with Gasteiger partial charge in [-0.15, -0.1) is 0 Å². The van der Waals surface area contributed by atoms with Crippen molar-refractivity contribution in [2.45, 2.75) is 39.3 Å². The number of likely N-dealkylation sites (tertiary alicyclic amines) is 1. The number of aryl methyl sites for hydroxylation is 1. The molecular weight excluding hydrogens is 334 g/mol. The van der Waals surface area contributed by atoms with Crippen LogP contribution in [0.4, 0.5) is 0 Å². The minimum absolute atomic E-state index is 0.0881. The summed E-state index contributed by atoms with van der Waals surface area (Å²) in [5, 5.41) is 0.780. The SMILES string of the molecule is CC(=O)c1ccc(OC2CCN(Cc3ccc(Cl)cc3)CC2)c(C)c1. The van der Waals surface area contributed by atoms with Crippen LogP contribution in [0.3, 0.4) is 0 Å². The van der Waals surface area contributed by atoms with Gasteiger partial charge in [0.05, 0.1) is 0 Å². The molecule has 0 aromatic heterocycles. The number of carbonyl (C=O) groups excluding carboxylic acids is 1. The minimum Gasteiger partial charge on any atom is -0.490 e. The van der Waals surface area contributed by atoms with Crippen LogP contribution in [0.5, 0.6) is 5.75 Å². The molecule has 0 amide bonds. The number of nitrogens with zero attached hydrogens (tertiary/aromatic N) is 1. The molecule has 1 fully saturated rings. The van der Waals surface area contributed by atoms with Crippen LogP contribution in [-0.4, -0.2) is 29.9 Å². The summed E-state index contributed by atoms with van der Waals surface area (Å²) in [5.41, 5.74) is 3.05. The molecule has 1 aliphatic heterocycles. The fraction of sp³-hybridized carbons (Fsp3) is 0.381. The number of hydrogen-bond donors (Lipinski definition) is 0. The van der Waals surface area contributed by atoms with E-state index in [9.17, 15) is 4.79 Å². The van der Waals surface area contributed by atoms with Crippen LogP contribution in [0.2, 0.25) is 5.02 Å². The molecular formula is C21H24ClNO2. The number of piperidine rings is 1. The van der Waals surface area contributed by atoms with E-state index in [-0.39, 0.29) is 11.9 Å². The van der Waals surface area contributed by atoms with Crippen molar-refractivity contribution in [2.75, 3.05) is 13.1 Å². The van der Waals surface area contributed by atoms with Gasteiger partial charge in [0, 0.05) is 30.2 Å². The summed E-state index contributed by atoms with van der Waals surface area (Å²) in [5.74, 6) is 0.978. The van der Waals surface area contributed by atoms with E-state index in [4.69, 9.17) is 16.3 Å². The highest BCUT2D eigenvalue weighted by molar-refractivity contribution is 6.30. The maximum absolute atomic E-state index is 11.4. The van der Waals surface area contributed by atoms with Gasteiger partial charge in [-0.05, 0) is 68.1 Å². The Balaban J connectivity index is 1.52. The Labute approximate surface area is 154 Å². The van der Waals surface area contributed by atoms with Crippen LogP contribution in [-0.2, 0) is 6.54 Å². The largest absolute Gasteiger partial charge is 0.490 e. The lowest BCUT2D eigenvalue weighted by atomic mass is 10.1. The lowest BCUT2D eigenvalue weighted by Crippen LogP contribution is -2.37. The first-order chi connectivity index (χ1) is 12.0. The van der Waals surface area contributed by atoms with Crippen LogP contribution >= 0.6 is 11.6 Å². The first kappa shape index (κ1) is 18.0. The maximum atomic E-state index is 11.4. The van der Waals surface area contributed by atoms with Crippen molar-refractivity contribution in [3.8, 4) is 5.75 Å². The van der Waals surface area contributed by atoms with Gasteiger partial charge in [-0.25, -0.2) is 0 Å². The van der Waals surface area contributed by atoms with Crippen LogP contribution in [0.15, 0.2) is 42.5 Å². The van der Waals surface area contributed by atoms with Crippen LogP contribution in [0.1, 0.15) is 41.3 Å². The van der Waals surface area contributed by atoms with E-state index in [2.05, 4.69) is 17.0 Å². The normalized spacial score (nSPS) is 16.0. The number of halogens is 1. The lowest BCUT2D eigenvalue weighted by molar-refractivity contribution is 0.0961. The molecule has 1 heterocycles. The van der Waals surface area contributed by atoms with Gasteiger partial charge in [-0.2, -0.15) is 0 Å². The fourth-order valence-corrected chi connectivity index (χ4v) is 3.34. The summed E-state index contributed by atoms with van der Waals surface area (Å²) in [6.07, 6.45) is 2.27. The molecule has 3 nitrogen and oxygen atoms in total.